The van der Waals surface area contributed by atoms with Gasteiger partial charge in [0.05, 0.1) is 29.1 Å². The first kappa shape index (κ1) is 17.1. The number of nitro benzene ring substituents is 1. The number of nitrogens with zero attached hydrogens (tertiary/aromatic N) is 1. The van der Waals surface area contributed by atoms with Crippen LogP contribution in [0.1, 0.15) is 24.0 Å². The molecule has 2 heterocycles. The number of esters is 1. The molecule has 0 aliphatic carbocycles. The zero-order chi connectivity index (χ0) is 19.0. The Kier molecular flexibility index (Phi) is 4.16. The van der Waals surface area contributed by atoms with E-state index in [-0.39, 0.29) is 22.6 Å². The summed E-state index contributed by atoms with van der Waals surface area (Å²) in [5, 5.41) is 13.9. The molecule has 10 nitrogen and oxygen atoms in total. The molecule has 134 valence electrons. The quantitative estimate of drug-likeness (QED) is 0.421. The summed E-state index contributed by atoms with van der Waals surface area (Å²) in [5.41, 5.74) is -0.712. The second-order valence-electron chi connectivity index (χ2n) is 5.64. The fourth-order valence-corrected chi connectivity index (χ4v) is 3.02. The summed E-state index contributed by atoms with van der Waals surface area (Å²) in [6, 6.07) is 5.60. The molecule has 10 heteroatoms. The molecule has 0 amide bonds. The molecule has 1 atom stereocenters. The van der Waals surface area contributed by atoms with Crippen LogP contribution in [0.4, 0.5) is 11.5 Å². The molecule has 1 aromatic carbocycles. The molecule has 2 aromatic rings. The van der Waals surface area contributed by atoms with Gasteiger partial charge in [-0.2, -0.15) is 0 Å². The van der Waals surface area contributed by atoms with E-state index in [9.17, 15) is 24.5 Å². The third kappa shape index (κ3) is 2.77. The number of anilines is 1. The zero-order valence-corrected chi connectivity index (χ0v) is 13.8. The average molecular weight is 358 g/mol. The molecule has 1 aromatic heterocycles. The number of carbonyl (C=O) groups excluding carboxylic acids is 1. The second kappa shape index (κ2) is 6.31. The van der Waals surface area contributed by atoms with Crippen LogP contribution in [0.5, 0.6) is 0 Å². The number of non-ortho nitro benzene ring substituents is 1. The van der Waals surface area contributed by atoms with E-state index in [1.165, 1.54) is 25.3 Å². The number of hydrogen-bond acceptors (Lipinski definition) is 7. The van der Waals surface area contributed by atoms with E-state index in [4.69, 9.17) is 4.74 Å². The SMILES string of the molecule is COC(=O)C1=C(C)Nc2[nH]c(=O)[nH]c(=O)c2[C@@H]1c1cccc([N+](=O)[O-])c1. The van der Waals surface area contributed by atoms with Gasteiger partial charge < -0.3 is 10.1 Å². The van der Waals surface area contributed by atoms with E-state index in [2.05, 4.69) is 15.3 Å². The van der Waals surface area contributed by atoms with E-state index < -0.39 is 28.1 Å². The van der Waals surface area contributed by atoms with Crippen LogP contribution in [0.3, 0.4) is 0 Å². The summed E-state index contributed by atoms with van der Waals surface area (Å²) in [5.74, 6) is -1.51. The van der Waals surface area contributed by atoms with Gasteiger partial charge in [-0.15, -0.1) is 0 Å². The maximum atomic E-state index is 12.4. The highest BCUT2D eigenvalue weighted by molar-refractivity contribution is 5.94. The number of nitrogens with one attached hydrogen (secondary N) is 3. The zero-order valence-electron chi connectivity index (χ0n) is 13.8. The minimum absolute atomic E-state index is 0.0658. The lowest BCUT2D eigenvalue weighted by Gasteiger charge is -2.28. The average Bonchev–Trinajstić information content (AvgIpc) is 2.59. The Morgan fingerprint density at radius 3 is 2.65 bits per heavy atom. The molecule has 0 radical (unpaired) electrons. The largest absolute Gasteiger partial charge is 0.466 e. The van der Waals surface area contributed by atoms with E-state index in [1.807, 2.05) is 0 Å². The molecule has 1 aliphatic rings. The fourth-order valence-electron chi connectivity index (χ4n) is 3.02. The molecule has 0 spiro atoms. The summed E-state index contributed by atoms with van der Waals surface area (Å²) in [4.78, 5) is 51.4. The summed E-state index contributed by atoms with van der Waals surface area (Å²) in [6.07, 6.45) is 0. The van der Waals surface area contributed by atoms with Crippen molar-refractivity contribution in [2.45, 2.75) is 12.8 Å². The maximum Gasteiger partial charge on any atom is 0.336 e. The molecular formula is C16H14N4O6. The third-order valence-corrected chi connectivity index (χ3v) is 4.09. The number of aromatic amines is 2. The Labute approximate surface area is 145 Å². The number of methoxy groups -OCH3 is 1. The van der Waals surface area contributed by atoms with Crippen molar-refractivity contribution < 1.29 is 14.5 Å². The van der Waals surface area contributed by atoms with E-state index in [0.717, 1.165) is 0 Å². The van der Waals surface area contributed by atoms with Gasteiger partial charge in [0, 0.05) is 17.8 Å². The van der Waals surface area contributed by atoms with Crippen LogP contribution in [-0.2, 0) is 9.53 Å². The van der Waals surface area contributed by atoms with Gasteiger partial charge in [-0.3, -0.25) is 24.9 Å². The lowest BCUT2D eigenvalue weighted by Crippen LogP contribution is -2.34. The first-order chi connectivity index (χ1) is 12.3. The Hall–Kier alpha value is -3.69. The minimum atomic E-state index is -0.945. The van der Waals surface area contributed by atoms with Crippen molar-refractivity contribution in [3.8, 4) is 0 Å². The lowest BCUT2D eigenvalue weighted by molar-refractivity contribution is -0.384. The molecule has 0 fully saturated rings. The highest BCUT2D eigenvalue weighted by Gasteiger charge is 2.36. The molecule has 0 unspecified atom stereocenters. The smallest absolute Gasteiger partial charge is 0.336 e. The van der Waals surface area contributed by atoms with Gasteiger partial charge in [0.2, 0.25) is 0 Å². The summed E-state index contributed by atoms with van der Waals surface area (Å²) < 4.78 is 4.81. The van der Waals surface area contributed by atoms with Gasteiger partial charge >= 0.3 is 11.7 Å². The first-order valence-corrected chi connectivity index (χ1v) is 7.50. The number of fused-ring (bicyclic) bond motifs is 1. The van der Waals surface area contributed by atoms with Crippen molar-refractivity contribution in [3.05, 3.63) is 77.6 Å². The normalized spacial score (nSPS) is 15.8. The Balaban J connectivity index is 2.33. The van der Waals surface area contributed by atoms with Gasteiger partial charge in [-0.25, -0.2) is 9.59 Å². The summed E-state index contributed by atoms with van der Waals surface area (Å²) in [7, 11) is 1.19. The Morgan fingerprint density at radius 1 is 1.27 bits per heavy atom. The van der Waals surface area contributed by atoms with Crippen molar-refractivity contribution >= 4 is 17.5 Å². The number of carbonyl (C=O) groups is 1. The topological polar surface area (TPSA) is 147 Å². The number of ether oxygens (including phenoxy) is 1. The highest BCUT2D eigenvalue weighted by atomic mass is 16.6. The van der Waals surface area contributed by atoms with Crippen LogP contribution < -0.4 is 16.6 Å². The van der Waals surface area contributed by atoms with Crippen molar-refractivity contribution in [1.29, 1.82) is 0 Å². The molecule has 0 saturated heterocycles. The van der Waals surface area contributed by atoms with E-state index in [0.29, 0.717) is 11.3 Å². The van der Waals surface area contributed by atoms with Crippen molar-refractivity contribution in [1.82, 2.24) is 9.97 Å². The monoisotopic (exact) mass is 358 g/mol. The predicted molar refractivity (Wildman–Crippen MR) is 91.0 cm³/mol. The molecule has 0 saturated carbocycles. The van der Waals surface area contributed by atoms with Crippen LogP contribution in [-0.4, -0.2) is 28.0 Å². The van der Waals surface area contributed by atoms with Crippen LogP contribution >= 0.6 is 0 Å². The van der Waals surface area contributed by atoms with Crippen LogP contribution in [0.2, 0.25) is 0 Å². The van der Waals surface area contributed by atoms with Gasteiger partial charge in [0.1, 0.15) is 5.82 Å². The summed E-state index contributed by atoms with van der Waals surface area (Å²) >= 11 is 0. The second-order valence-corrected chi connectivity index (χ2v) is 5.64. The van der Waals surface area contributed by atoms with E-state index in [1.54, 1.807) is 13.0 Å². The lowest BCUT2D eigenvalue weighted by atomic mass is 9.82. The number of aromatic nitrogens is 2. The fraction of sp³-hybridized carbons (Fsp3) is 0.188. The number of benzene rings is 1. The number of nitro groups is 1. The molecule has 3 rings (SSSR count). The highest BCUT2D eigenvalue weighted by Crippen LogP contribution is 2.39. The number of allylic oxidation sites excluding steroid dienone is 1. The third-order valence-electron chi connectivity index (χ3n) is 4.09. The van der Waals surface area contributed by atoms with Gasteiger partial charge in [-0.1, -0.05) is 12.1 Å². The number of hydrogen-bond donors (Lipinski definition) is 3. The Morgan fingerprint density at radius 2 is 2.00 bits per heavy atom. The van der Waals surface area contributed by atoms with Crippen LogP contribution in [0, 0.1) is 10.1 Å². The number of H-pyrrole nitrogens is 2. The minimum Gasteiger partial charge on any atom is -0.466 e. The van der Waals surface area contributed by atoms with Gasteiger partial charge in [-0.05, 0) is 12.5 Å². The summed E-state index contributed by atoms with van der Waals surface area (Å²) in [6.45, 7) is 1.58. The molecular weight excluding hydrogens is 344 g/mol. The van der Waals surface area contributed by atoms with Crippen molar-refractivity contribution in [3.63, 3.8) is 0 Å². The van der Waals surface area contributed by atoms with Gasteiger partial charge in [0.25, 0.3) is 11.2 Å². The Bertz CT molecular complexity index is 1060. The maximum absolute atomic E-state index is 12.4. The molecule has 1 aliphatic heterocycles. The predicted octanol–water partition coefficient (Wildman–Crippen LogP) is 0.976. The van der Waals surface area contributed by atoms with Gasteiger partial charge in [0.15, 0.2) is 0 Å². The van der Waals surface area contributed by atoms with E-state index >= 15 is 0 Å². The van der Waals surface area contributed by atoms with Crippen LogP contribution in [0.15, 0.2) is 45.1 Å². The molecule has 26 heavy (non-hydrogen) atoms. The van der Waals surface area contributed by atoms with Crippen LogP contribution in [0.25, 0.3) is 0 Å². The standard InChI is InChI=1S/C16H14N4O6/c1-7-10(15(22)26-2)11(8-4-3-5-9(6-8)20(24)25)12-13(17-7)18-16(23)19-14(12)21/h3-6,11H,1-2H3,(H3,17,18,19,21,23)/t11-/m1/s1. The molecule has 3 N–H and O–H groups in total. The van der Waals surface area contributed by atoms with Crippen molar-refractivity contribution in [2.75, 3.05) is 12.4 Å². The molecule has 0 bridgehead atoms. The first-order valence-electron chi connectivity index (χ1n) is 7.50. The van der Waals surface area contributed by atoms with Crippen molar-refractivity contribution in [2.24, 2.45) is 0 Å². The number of rotatable bonds is 3.